The van der Waals surface area contributed by atoms with Gasteiger partial charge in [0.15, 0.2) is 0 Å². The Kier molecular flexibility index (Phi) is 3.59. The lowest BCUT2D eigenvalue weighted by molar-refractivity contribution is 0.373. The predicted molar refractivity (Wildman–Crippen MR) is 61.2 cm³/mol. The predicted octanol–water partition coefficient (Wildman–Crippen LogP) is 1.84. The Balaban J connectivity index is 1.84. The summed E-state index contributed by atoms with van der Waals surface area (Å²) in [7, 11) is -0.576. The van der Waals surface area contributed by atoms with Crippen molar-refractivity contribution >= 4 is 10.8 Å². The molecule has 0 saturated carbocycles. The number of furan rings is 1. The first-order valence-corrected chi connectivity index (χ1v) is 6.89. The SMILES string of the molecule is CC(NC1CCS(=O)CC1)c1ccco1. The first-order valence-electron chi connectivity index (χ1n) is 5.40. The van der Waals surface area contributed by atoms with Gasteiger partial charge in [-0.3, -0.25) is 4.21 Å². The van der Waals surface area contributed by atoms with Crippen LogP contribution in [0.15, 0.2) is 22.8 Å². The third kappa shape index (κ3) is 2.92. The molecule has 1 saturated heterocycles. The van der Waals surface area contributed by atoms with E-state index >= 15 is 0 Å². The minimum absolute atomic E-state index is 0.247. The van der Waals surface area contributed by atoms with Gasteiger partial charge in [-0.1, -0.05) is 0 Å². The Morgan fingerprint density at radius 3 is 2.87 bits per heavy atom. The van der Waals surface area contributed by atoms with E-state index in [-0.39, 0.29) is 6.04 Å². The van der Waals surface area contributed by atoms with Gasteiger partial charge in [0.1, 0.15) is 5.76 Å². The van der Waals surface area contributed by atoms with Gasteiger partial charge in [0.2, 0.25) is 0 Å². The van der Waals surface area contributed by atoms with Crippen molar-refractivity contribution in [3.8, 4) is 0 Å². The van der Waals surface area contributed by atoms with Gasteiger partial charge in [0.05, 0.1) is 12.3 Å². The van der Waals surface area contributed by atoms with E-state index in [2.05, 4.69) is 12.2 Å². The molecule has 15 heavy (non-hydrogen) atoms. The van der Waals surface area contributed by atoms with Gasteiger partial charge in [-0.05, 0) is 31.9 Å². The summed E-state index contributed by atoms with van der Waals surface area (Å²) in [5.74, 6) is 2.65. The maximum atomic E-state index is 11.2. The number of rotatable bonds is 3. The van der Waals surface area contributed by atoms with E-state index in [0.29, 0.717) is 6.04 Å². The van der Waals surface area contributed by atoms with Crippen molar-refractivity contribution in [2.75, 3.05) is 11.5 Å². The van der Waals surface area contributed by atoms with Gasteiger partial charge in [-0.25, -0.2) is 0 Å². The van der Waals surface area contributed by atoms with E-state index in [1.54, 1.807) is 6.26 Å². The average Bonchev–Trinajstić information content (AvgIpc) is 2.74. The maximum absolute atomic E-state index is 11.2. The second-order valence-corrected chi connectivity index (χ2v) is 5.72. The lowest BCUT2D eigenvalue weighted by atomic mass is 10.1. The minimum atomic E-state index is -0.576. The molecule has 1 aromatic rings. The van der Waals surface area contributed by atoms with E-state index in [9.17, 15) is 4.21 Å². The fourth-order valence-corrected chi connectivity index (χ4v) is 3.23. The fraction of sp³-hybridized carbons (Fsp3) is 0.636. The van der Waals surface area contributed by atoms with Crippen LogP contribution in [0, 0.1) is 0 Å². The summed E-state index contributed by atoms with van der Waals surface area (Å²) < 4.78 is 16.5. The molecule has 0 aromatic carbocycles. The summed E-state index contributed by atoms with van der Waals surface area (Å²) in [6.45, 7) is 2.10. The Hall–Kier alpha value is -0.610. The van der Waals surface area contributed by atoms with E-state index in [1.807, 2.05) is 12.1 Å². The smallest absolute Gasteiger partial charge is 0.120 e. The average molecular weight is 227 g/mol. The van der Waals surface area contributed by atoms with Crippen molar-refractivity contribution in [3.63, 3.8) is 0 Å². The molecule has 1 aromatic heterocycles. The Labute approximate surface area is 92.7 Å². The molecule has 0 amide bonds. The van der Waals surface area contributed by atoms with Crippen LogP contribution in [0.25, 0.3) is 0 Å². The fourth-order valence-electron chi connectivity index (χ4n) is 1.93. The van der Waals surface area contributed by atoms with Crippen LogP contribution in [0.4, 0.5) is 0 Å². The molecule has 0 aliphatic carbocycles. The standard InChI is InChI=1S/C11H17NO2S/c1-9(11-3-2-6-14-11)12-10-4-7-15(13)8-5-10/h2-3,6,9-10,12H,4-5,7-8H2,1H3. The molecular formula is C11H17NO2S. The van der Waals surface area contributed by atoms with Gasteiger partial charge < -0.3 is 9.73 Å². The van der Waals surface area contributed by atoms with Crippen LogP contribution in [0.2, 0.25) is 0 Å². The van der Waals surface area contributed by atoms with E-state index in [4.69, 9.17) is 4.42 Å². The molecule has 0 spiro atoms. The highest BCUT2D eigenvalue weighted by Gasteiger charge is 2.20. The molecule has 84 valence electrons. The normalized spacial score (nSPS) is 28.9. The molecule has 1 N–H and O–H groups in total. The molecule has 0 bridgehead atoms. The largest absolute Gasteiger partial charge is 0.468 e. The van der Waals surface area contributed by atoms with Crippen molar-refractivity contribution in [3.05, 3.63) is 24.2 Å². The number of hydrogen-bond donors (Lipinski definition) is 1. The Morgan fingerprint density at radius 2 is 2.27 bits per heavy atom. The van der Waals surface area contributed by atoms with E-state index in [0.717, 1.165) is 30.1 Å². The van der Waals surface area contributed by atoms with Crippen molar-refractivity contribution in [1.82, 2.24) is 5.32 Å². The topological polar surface area (TPSA) is 42.2 Å². The van der Waals surface area contributed by atoms with E-state index in [1.165, 1.54) is 0 Å². The van der Waals surface area contributed by atoms with Crippen LogP contribution in [-0.2, 0) is 10.8 Å². The minimum Gasteiger partial charge on any atom is -0.468 e. The highest BCUT2D eigenvalue weighted by molar-refractivity contribution is 7.85. The molecule has 3 nitrogen and oxygen atoms in total. The summed E-state index contributed by atoms with van der Waals surface area (Å²) >= 11 is 0. The zero-order valence-electron chi connectivity index (χ0n) is 8.94. The molecular weight excluding hydrogens is 210 g/mol. The monoisotopic (exact) mass is 227 g/mol. The van der Waals surface area contributed by atoms with Crippen LogP contribution in [-0.4, -0.2) is 21.8 Å². The zero-order chi connectivity index (χ0) is 10.7. The van der Waals surface area contributed by atoms with Crippen molar-refractivity contribution in [1.29, 1.82) is 0 Å². The van der Waals surface area contributed by atoms with Crippen LogP contribution in [0.3, 0.4) is 0 Å². The van der Waals surface area contributed by atoms with Crippen LogP contribution in [0.5, 0.6) is 0 Å². The molecule has 1 unspecified atom stereocenters. The summed E-state index contributed by atoms with van der Waals surface area (Å²) in [5.41, 5.74) is 0. The van der Waals surface area contributed by atoms with Crippen molar-refractivity contribution in [2.45, 2.75) is 31.8 Å². The van der Waals surface area contributed by atoms with Gasteiger partial charge in [0, 0.05) is 28.3 Å². The third-order valence-electron chi connectivity index (χ3n) is 2.84. The lowest BCUT2D eigenvalue weighted by Crippen LogP contribution is -2.37. The highest BCUT2D eigenvalue weighted by atomic mass is 32.2. The molecule has 1 aliphatic heterocycles. The molecule has 1 aliphatic rings. The second-order valence-electron chi connectivity index (χ2n) is 4.03. The number of hydrogen-bond acceptors (Lipinski definition) is 3. The summed E-state index contributed by atoms with van der Waals surface area (Å²) in [4.78, 5) is 0. The lowest BCUT2D eigenvalue weighted by Gasteiger charge is -2.25. The molecule has 2 rings (SSSR count). The van der Waals surface area contributed by atoms with Gasteiger partial charge in [-0.15, -0.1) is 0 Å². The Bertz CT molecular complexity index is 313. The quantitative estimate of drug-likeness (QED) is 0.856. The second kappa shape index (κ2) is 4.94. The van der Waals surface area contributed by atoms with Crippen LogP contribution in [0.1, 0.15) is 31.6 Å². The summed E-state index contributed by atoms with van der Waals surface area (Å²) in [6, 6.07) is 4.63. The maximum Gasteiger partial charge on any atom is 0.120 e. The molecule has 2 heterocycles. The number of nitrogens with one attached hydrogen (secondary N) is 1. The third-order valence-corrected chi connectivity index (χ3v) is 4.23. The molecule has 4 heteroatoms. The zero-order valence-corrected chi connectivity index (χ0v) is 9.76. The summed E-state index contributed by atoms with van der Waals surface area (Å²) in [5, 5.41) is 3.51. The first kappa shape index (κ1) is 10.9. The van der Waals surface area contributed by atoms with Crippen LogP contribution >= 0.6 is 0 Å². The summed E-state index contributed by atoms with van der Waals surface area (Å²) in [6.07, 6.45) is 3.72. The first-order chi connectivity index (χ1) is 7.25. The van der Waals surface area contributed by atoms with Gasteiger partial charge in [-0.2, -0.15) is 0 Å². The molecule has 0 radical (unpaired) electrons. The molecule has 1 atom stereocenters. The van der Waals surface area contributed by atoms with Gasteiger partial charge >= 0.3 is 0 Å². The van der Waals surface area contributed by atoms with Crippen molar-refractivity contribution in [2.24, 2.45) is 0 Å². The van der Waals surface area contributed by atoms with Gasteiger partial charge in [0.25, 0.3) is 0 Å². The molecule has 1 fully saturated rings. The van der Waals surface area contributed by atoms with E-state index < -0.39 is 10.8 Å². The Morgan fingerprint density at radius 1 is 1.53 bits per heavy atom. The highest BCUT2D eigenvalue weighted by Crippen LogP contribution is 2.17. The van der Waals surface area contributed by atoms with Crippen molar-refractivity contribution < 1.29 is 8.63 Å². The van der Waals surface area contributed by atoms with Crippen LogP contribution < -0.4 is 5.32 Å².